The third-order valence-electron chi connectivity index (χ3n) is 6.19. The van der Waals surface area contributed by atoms with Crippen LogP contribution in [0, 0.1) is 6.92 Å². The molecule has 134 valence electrons. The monoisotopic (exact) mass is 371 g/mol. The van der Waals surface area contributed by atoms with Crippen molar-refractivity contribution in [2.24, 2.45) is 0 Å². The summed E-state index contributed by atoms with van der Waals surface area (Å²) in [6, 6.07) is 11.2. The molecule has 4 heteroatoms. The van der Waals surface area contributed by atoms with Crippen LogP contribution >= 0.6 is 11.3 Å². The molecule has 3 nitrogen and oxygen atoms in total. The van der Waals surface area contributed by atoms with Gasteiger partial charge in [0.15, 0.2) is 0 Å². The Hall–Kier alpha value is -2.43. The minimum atomic E-state index is 0.683. The molecule has 0 amide bonds. The number of fused-ring (bicyclic) bond motifs is 6. The topological polar surface area (TPSA) is 21.1 Å². The van der Waals surface area contributed by atoms with Gasteiger partial charge in [0, 0.05) is 58.8 Å². The Morgan fingerprint density at radius 1 is 1.11 bits per heavy atom. The maximum absolute atomic E-state index is 4.20. The molecule has 0 N–H and O–H groups in total. The van der Waals surface area contributed by atoms with E-state index in [1.807, 2.05) is 12.4 Å². The summed E-state index contributed by atoms with van der Waals surface area (Å²) < 4.78 is 2.54. The predicted octanol–water partition coefficient (Wildman–Crippen LogP) is 5.37. The normalized spacial score (nSPS) is 20.9. The van der Waals surface area contributed by atoms with Gasteiger partial charge in [-0.3, -0.25) is 9.88 Å². The van der Waals surface area contributed by atoms with Crippen LogP contribution in [0.2, 0.25) is 0 Å². The van der Waals surface area contributed by atoms with Crippen molar-refractivity contribution in [3.05, 3.63) is 70.3 Å². The van der Waals surface area contributed by atoms with Crippen molar-refractivity contribution in [2.75, 3.05) is 13.1 Å². The molecule has 0 aliphatic carbocycles. The van der Waals surface area contributed by atoms with E-state index in [2.05, 4.69) is 62.5 Å². The molecule has 1 saturated heterocycles. The van der Waals surface area contributed by atoms with E-state index >= 15 is 0 Å². The third kappa shape index (κ3) is 2.27. The number of thiophene rings is 1. The molecule has 2 bridgehead atoms. The zero-order valence-electron chi connectivity index (χ0n) is 15.4. The lowest BCUT2D eigenvalue weighted by Gasteiger charge is -2.25. The highest BCUT2D eigenvalue weighted by Gasteiger charge is 2.36. The van der Waals surface area contributed by atoms with E-state index in [0.29, 0.717) is 5.92 Å². The second kappa shape index (κ2) is 5.78. The lowest BCUT2D eigenvalue weighted by molar-refractivity contribution is 0.308. The van der Waals surface area contributed by atoms with Gasteiger partial charge in [0.25, 0.3) is 0 Å². The highest BCUT2D eigenvalue weighted by atomic mass is 32.1. The number of hydrogen-bond acceptors (Lipinski definition) is 3. The Morgan fingerprint density at radius 3 is 2.89 bits per heavy atom. The molecule has 5 heterocycles. The molecule has 0 spiro atoms. The summed E-state index contributed by atoms with van der Waals surface area (Å²) >= 11 is 1.78. The minimum Gasteiger partial charge on any atom is -0.311 e. The maximum Gasteiger partial charge on any atom is 0.0644 e. The molecule has 0 radical (unpaired) electrons. The first-order chi connectivity index (χ1) is 13.3. The van der Waals surface area contributed by atoms with E-state index in [4.69, 9.17) is 0 Å². The fourth-order valence-electron chi connectivity index (χ4n) is 5.00. The van der Waals surface area contributed by atoms with Crippen molar-refractivity contribution in [2.45, 2.75) is 25.8 Å². The zero-order chi connectivity index (χ0) is 18.0. The van der Waals surface area contributed by atoms with Crippen molar-refractivity contribution >= 4 is 22.2 Å². The molecular weight excluding hydrogens is 350 g/mol. The van der Waals surface area contributed by atoms with Crippen molar-refractivity contribution in [3.8, 4) is 16.8 Å². The van der Waals surface area contributed by atoms with Gasteiger partial charge in [-0.1, -0.05) is 11.6 Å². The van der Waals surface area contributed by atoms with Crippen LogP contribution in [0.4, 0.5) is 0 Å². The van der Waals surface area contributed by atoms with Gasteiger partial charge in [0.2, 0.25) is 0 Å². The van der Waals surface area contributed by atoms with Crippen molar-refractivity contribution in [1.82, 2.24) is 14.5 Å². The third-order valence-corrected chi connectivity index (χ3v) is 6.92. The van der Waals surface area contributed by atoms with E-state index in [1.54, 1.807) is 16.9 Å². The van der Waals surface area contributed by atoms with E-state index in [-0.39, 0.29) is 0 Å². The molecule has 4 aromatic rings. The number of benzene rings is 1. The second-order valence-electron chi connectivity index (χ2n) is 7.84. The molecule has 2 aliphatic heterocycles. The van der Waals surface area contributed by atoms with Crippen LogP contribution in [0.15, 0.2) is 53.5 Å². The van der Waals surface area contributed by atoms with Crippen molar-refractivity contribution < 1.29 is 0 Å². The molecule has 1 fully saturated rings. The molecule has 2 aliphatic rings. The van der Waals surface area contributed by atoms with Gasteiger partial charge < -0.3 is 4.57 Å². The Balaban J connectivity index is 1.67. The van der Waals surface area contributed by atoms with Crippen molar-refractivity contribution in [3.63, 3.8) is 0 Å². The molecule has 27 heavy (non-hydrogen) atoms. The first-order valence-electron chi connectivity index (χ1n) is 9.63. The van der Waals surface area contributed by atoms with E-state index in [9.17, 15) is 0 Å². The quantitative estimate of drug-likeness (QED) is 0.473. The van der Waals surface area contributed by atoms with Gasteiger partial charge >= 0.3 is 0 Å². The Kier molecular flexibility index (Phi) is 3.34. The molecule has 1 aromatic carbocycles. The van der Waals surface area contributed by atoms with Gasteiger partial charge in [0.1, 0.15) is 0 Å². The van der Waals surface area contributed by atoms with Crippen LogP contribution in [-0.4, -0.2) is 27.5 Å². The predicted molar refractivity (Wildman–Crippen MR) is 112 cm³/mol. The first kappa shape index (κ1) is 15.6. The van der Waals surface area contributed by atoms with Crippen LogP contribution < -0.4 is 0 Å². The van der Waals surface area contributed by atoms with E-state index in [0.717, 1.165) is 6.54 Å². The van der Waals surface area contributed by atoms with Crippen molar-refractivity contribution in [1.29, 1.82) is 0 Å². The summed E-state index contributed by atoms with van der Waals surface area (Å²) in [6.07, 6.45) is 5.06. The number of pyridine rings is 1. The smallest absolute Gasteiger partial charge is 0.0644 e. The summed E-state index contributed by atoms with van der Waals surface area (Å²) in [5, 5.41) is 6.04. The average Bonchev–Trinajstić information content (AvgIpc) is 3.38. The van der Waals surface area contributed by atoms with Crippen LogP contribution in [0.3, 0.4) is 0 Å². The molecule has 2 unspecified atom stereocenters. The average molecular weight is 372 g/mol. The summed E-state index contributed by atoms with van der Waals surface area (Å²) in [6.45, 7) is 5.72. The molecule has 6 rings (SSSR count). The fraction of sp³-hybridized carbons (Fsp3) is 0.261. The number of nitrogens with zero attached hydrogens (tertiary/aromatic N) is 3. The van der Waals surface area contributed by atoms with Crippen LogP contribution in [0.5, 0.6) is 0 Å². The summed E-state index contributed by atoms with van der Waals surface area (Å²) in [5.41, 5.74) is 9.66. The highest BCUT2D eigenvalue weighted by molar-refractivity contribution is 7.08. The van der Waals surface area contributed by atoms with Gasteiger partial charge in [-0.05, 0) is 55.3 Å². The Labute approximate surface area is 162 Å². The maximum atomic E-state index is 4.20. The number of aromatic nitrogens is 2. The summed E-state index contributed by atoms with van der Waals surface area (Å²) in [4.78, 5) is 6.81. The number of hydrogen-bond donors (Lipinski definition) is 0. The van der Waals surface area contributed by atoms with E-state index in [1.165, 1.54) is 58.5 Å². The molecular formula is C23H21N3S. The van der Waals surface area contributed by atoms with Crippen LogP contribution in [0.25, 0.3) is 27.7 Å². The first-order valence-corrected chi connectivity index (χ1v) is 10.6. The fourth-order valence-corrected chi connectivity index (χ4v) is 5.83. The Morgan fingerprint density at radius 2 is 2.00 bits per heavy atom. The van der Waals surface area contributed by atoms with Gasteiger partial charge in [-0.15, -0.1) is 11.3 Å². The van der Waals surface area contributed by atoms with E-state index < -0.39 is 0 Å². The summed E-state index contributed by atoms with van der Waals surface area (Å²) in [7, 11) is 0. The number of aryl methyl sites for hydroxylation is 1. The van der Waals surface area contributed by atoms with Gasteiger partial charge in [-0.25, -0.2) is 0 Å². The molecule has 3 aromatic heterocycles. The number of rotatable bonds is 2. The lowest BCUT2D eigenvalue weighted by Crippen LogP contribution is -2.26. The molecule has 2 atom stereocenters. The van der Waals surface area contributed by atoms with Gasteiger partial charge in [-0.2, -0.15) is 0 Å². The Bertz CT molecular complexity index is 1160. The van der Waals surface area contributed by atoms with Crippen LogP contribution in [-0.2, 0) is 6.54 Å². The second-order valence-corrected chi connectivity index (χ2v) is 8.59. The summed E-state index contributed by atoms with van der Waals surface area (Å²) in [5.74, 6) is 0.683. The lowest BCUT2D eigenvalue weighted by atomic mass is 9.93. The standard InChI is InChI=1S/C23H21N3S/c1-15-2-3-20-18(10-15)23-17-6-9-25(11-17)12-21(23)26(20)22-14-27-13-19(22)16-4-7-24-8-5-16/h2-5,7-8,10,13-14,17H,6,9,11-12H2,1H3. The highest BCUT2D eigenvalue weighted by Crippen LogP contribution is 2.45. The van der Waals surface area contributed by atoms with Crippen LogP contribution in [0.1, 0.15) is 29.2 Å². The zero-order valence-corrected chi connectivity index (χ0v) is 16.2. The minimum absolute atomic E-state index is 0.683. The molecule has 0 saturated carbocycles. The van der Waals surface area contributed by atoms with Gasteiger partial charge in [0.05, 0.1) is 11.2 Å². The SMILES string of the molecule is Cc1ccc2c(c1)c1c(n2-c2cscc2-c2ccncc2)CN2CCC1C2. The largest absolute Gasteiger partial charge is 0.311 e.